The van der Waals surface area contributed by atoms with Crippen LogP contribution in [0.3, 0.4) is 0 Å². The summed E-state index contributed by atoms with van der Waals surface area (Å²) in [5.41, 5.74) is 0.517. The first-order chi connectivity index (χ1) is 18.8. The SMILES string of the molecule is Fc1ccc(SCCCCN2CC3(CCOC3)C2)cc1.O=C(NSc1cc(F)c(O)c(Cl)c1)C1CCCCO1. The lowest BCUT2D eigenvalue weighted by Crippen LogP contribution is -2.56. The van der Waals surface area contributed by atoms with Crippen molar-refractivity contribution in [1.29, 1.82) is 0 Å². The molecule has 0 radical (unpaired) electrons. The summed E-state index contributed by atoms with van der Waals surface area (Å²) < 4.78 is 39.4. The molecule has 11 heteroatoms. The third-order valence-electron chi connectivity index (χ3n) is 6.99. The van der Waals surface area contributed by atoms with Gasteiger partial charge in [0.15, 0.2) is 11.6 Å². The summed E-state index contributed by atoms with van der Waals surface area (Å²) in [6, 6.07) is 9.27. The van der Waals surface area contributed by atoms with Crippen LogP contribution in [0, 0.1) is 17.0 Å². The lowest BCUT2D eigenvalue weighted by Gasteiger charge is -2.47. The number of benzene rings is 2. The normalized spacial score (nSPS) is 20.2. The molecule has 2 aromatic carbocycles. The third kappa shape index (κ3) is 9.23. The molecule has 5 rings (SSSR count). The molecule has 3 aliphatic heterocycles. The number of hydrogen-bond donors (Lipinski definition) is 2. The molecule has 2 aromatic rings. The Bertz CT molecular complexity index is 1050. The molecule has 1 amide bonds. The van der Waals surface area contributed by atoms with E-state index in [1.807, 2.05) is 23.9 Å². The average molecular weight is 601 g/mol. The first kappa shape index (κ1) is 30.4. The minimum atomic E-state index is -0.821. The van der Waals surface area contributed by atoms with E-state index in [1.165, 1.54) is 57.1 Å². The number of likely N-dealkylation sites (tertiary alicyclic amines) is 1. The Balaban J connectivity index is 0.000000181. The van der Waals surface area contributed by atoms with Crippen LogP contribution in [0.15, 0.2) is 46.2 Å². The number of carbonyl (C=O) groups excluding carboxylic acids is 1. The van der Waals surface area contributed by atoms with E-state index in [-0.39, 0.29) is 16.7 Å². The Hall–Kier alpha value is -1.56. The number of rotatable bonds is 9. The number of unbranched alkanes of at least 4 members (excludes halogenated alkanes) is 1. The monoisotopic (exact) mass is 600 g/mol. The molecule has 0 saturated carbocycles. The highest BCUT2D eigenvalue weighted by Gasteiger charge is 2.45. The largest absolute Gasteiger partial charge is 0.504 e. The molecular formula is C28H35ClF2N2O4S2. The maximum atomic E-state index is 13.2. The fourth-order valence-corrected chi connectivity index (χ4v) is 6.72. The third-order valence-corrected chi connectivity index (χ3v) is 9.15. The van der Waals surface area contributed by atoms with Crippen molar-refractivity contribution in [3.05, 3.63) is 53.1 Å². The van der Waals surface area contributed by atoms with Crippen LogP contribution in [0.4, 0.5) is 8.78 Å². The van der Waals surface area contributed by atoms with E-state index in [0.717, 1.165) is 54.7 Å². The van der Waals surface area contributed by atoms with Gasteiger partial charge in [-0.15, -0.1) is 11.8 Å². The van der Waals surface area contributed by atoms with Crippen LogP contribution in [0.5, 0.6) is 5.75 Å². The first-order valence-corrected chi connectivity index (χ1v) is 15.5. The summed E-state index contributed by atoms with van der Waals surface area (Å²) in [5, 5.41) is 9.10. The minimum Gasteiger partial charge on any atom is -0.504 e. The van der Waals surface area contributed by atoms with Gasteiger partial charge in [0.2, 0.25) is 0 Å². The fourth-order valence-electron chi connectivity index (χ4n) is 4.84. The highest BCUT2D eigenvalue weighted by atomic mass is 35.5. The predicted molar refractivity (Wildman–Crippen MR) is 151 cm³/mol. The van der Waals surface area contributed by atoms with Crippen molar-refractivity contribution >= 4 is 41.2 Å². The molecule has 214 valence electrons. The number of phenolic OH excluding ortho intramolecular Hbond substituents is 1. The van der Waals surface area contributed by atoms with Crippen molar-refractivity contribution < 1.29 is 28.2 Å². The van der Waals surface area contributed by atoms with Crippen LogP contribution < -0.4 is 4.72 Å². The van der Waals surface area contributed by atoms with Crippen molar-refractivity contribution in [1.82, 2.24) is 9.62 Å². The number of phenols is 1. The topological polar surface area (TPSA) is 71.0 Å². The summed E-state index contributed by atoms with van der Waals surface area (Å²) in [7, 11) is 0. The van der Waals surface area contributed by atoms with Gasteiger partial charge in [-0.05, 0) is 99.2 Å². The molecule has 1 atom stereocenters. The predicted octanol–water partition coefficient (Wildman–Crippen LogP) is 6.30. The summed E-state index contributed by atoms with van der Waals surface area (Å²) in [6.07, 6.45) is 5.91. The van der Waals surface area contributed by atoms with Crippen molar-refractivity contribution in [2.75, 3.05) is 45.2 Å². The zero-order chi connectivity index (χ0) is 27.7. The first-order valence-electron chi connectivity index (χ1n) is 13.3. The number of hydrogen-bond acceptors (Lipinski definition) is 7. The number of nitrogens with zero attached hydrogens (tertiary/aromatic N) is 1. The number of ether oxygens (including phenoxy) is 2. The molecule has 39 heavy (non-hydrogen) atoms. The van der Waals surface area contributed by atoms with Gasteiger partial charge in [0.05, 0.1) is 11.6 Å². The Morgan fingerprint density at radius 3 is 2.59 bits per heavy atom. The van der Waals surface area contributed by atoms with Gasteiger partial charge in [-0.3, -0.25) is 9.52 Å². The Kier molecular flexibility index (Phi) is 11.6. The molecule has 3 heterocycles. The smallest absolute Gasteiger partial charge is 0.259 e. The highest BCUT2D eigenvalue weighted by Crippen LogP contribution is 2.38. The van der Waals surface area contributed by atoms with Crippen molar-refractivity contribution in [2.45, 2.75) is 54.4 Å². The number of amides is 1. The van der Waals surface area contributed by atoms with E-state index in [4.69, 9.17) is 21.1 Å². The quantitative estimate of drug-likeness (QED) is 0.199. The van der Waals surface area contributed by atoms with Crippen LogP contribution in [0.2, 0.25) is 5.02 Å². The van der Waals surface area contributed by atoms with E-state index < -0.39 is 17.7 Å². The number of carbonyl (C=O) groups is 1. The van der Waals surface area contributed by atoms with Crippen molar-refractivity contribution in [3.8, 4) is 5.75 Å². The average Bonchev–Trinajstić information content (AvgIpc) is 3.42. The summed E-state index contributed by atoms with van der Waals surface area (Å²) in [4.78, 5) is 15.9. The zero-order valence-electron chi connectivity index (χ0n) is 21.8. The molecule has 3 fully saturated rings. The fraction of sp³-hybridized carbons (Fsp3) is 0.536. The maximum absolute atomic E-state index is 13.2. The summed E-state index contributed by atoms with van der Waals surface area (Å²) in [6.45, 7) is 6.20. The van der Waals surface area contributed by atoms with Crippen LogP contribution in [-0.4, -0.2) is 67.2 Å². The van der Waals surface area contributed by atoms with Gasteiger partial charge in [0, 0.05) is 41.5 Å². The standard InChI is InChI=1S/C16H22FNOS.C12H13ClFNO3S/c17-14-3-5-15(6-4-14)20-10-2-1-8-18-11-16(12-18)7-9-19-13-16;13-8-5-7(6-9(14)11(8)16)19-15-12(17)10-3-1-2-4-18-10/h3-6H,1-2,7-13H2;5-6,10,16H,1-4H2,(H,15,17). The maximum Gasteiger partial charge on any atom is 0.259 e. The minimum absolute atomic E-state index is 0.0920. The van der Waals surface area contributed by atoms with Gasteiger partial charge in [0.1, 0.15) is 11.9 Å². The summed E-state index contributed by atoms with van der Waals surface area (Å²) in [5.74, 6) is -0.689. The number of nitrogens with one attached hydrogen (secondary N) is 1. The molecule has 2 N–H and O–H groups in total. The second-order valence-corrected chi connectivity index (χ2v) is 12.6. The van der Waals surface area contributed by atoms with Gasteiger partial charge in [-0.2, -0.15) is 0 Å². The van der Waals surface area contributed by atoms with E-state index in [2.05, 4.69) is 9.62 Å². The number of halogens is 3. The number of thioether (sulfide) groups is 1. The molecule has 3 saturated heterocycles. The zero-order valence-corrected chi connectivity index (χ0v) is 24.2. The number of aromatic hydroxyl groups is 1. The Morgan fingerprint density at radius 2 is 1.92 bits per heavy atom. The Morgan fingerprint density at radius 1 is 1.13 bits per heavy atom. The molecule has 0 aromatic heterocycles. The van der Waals surface area contributed by atoms with Crippen LogP contribution >= 0.6 is 35.3 Å². The van der Waals surface area contributed by atoms with Crippen LogP contribution in [-0.2, 0) is 14.3 Å². The van der Waals surface area contributed by atoms with E-state index in [1.54, 1.807) is 0 Å². The molecule has 0 aliphatic carbocycles. The molecule has 3 aliphatic rings. The van der Waals surface area contributed by atoms with Gasteiger partial charge in [-0.1, -0.05) is 11.6 Å². The molecule has 0 bridgehead atoms. The Labute approximate surface area is 242 Å². The lowest BCUT2D eigenvalue weighted by molar-refractivity contribution is -0.133. The van der Waals surface area contributed by atoms with Gasteiger partial charge in [0.25, 0.3) is 5.91 Å². The second-order valence-electron chi connectivity index (χ2n) is 10.2. The molecular weight excluding hydrogens is 566 g/mol. The lowest BCUT2D eigenvalue weighted by atomic mass is 9.79. The van der Waals surface area contributed by atoms with Crippen LogP contribution in [0.1, 0.15) is 38.5 Å². The van der Waals surface area contributed by atoms with E-state index >= 15 is 0 Å². The molecule has 6 nitrogen and oxygen atoms in total. The van der Waals surface area contributed by atoms with E-state index in [9.17, 15) is 18.7 Å². The molecule has 1 spiro atoms. The van der Waals surface area contributed by atoms with Gasteiger partial charge in [-0.25, -0.2) is 8.78 Å². The highest BCUT2D eigenvalue weighted by molar-refractivity contribution is 7.99. The van der Waals surface area contributed by atoms with Gasteiger partial charge < -0.3 is 19.5 Å². The van der Waals surface area contributed by atoms with Gasteiger partial charge >= 0.3 is 0 Å². The summed E-state index contributed by atoms with van der Waals surface area (Å²) >= 11 is 8.41. The van der Waals surface area contributed by atoms with E-state index in [0.29, 0.717) is 23.3 Å². The van der Waals surface area contributed by atoms with Crippen molar-refractivity contribution in [3.63, 3.8) is 0 Å². The van der Waals surface area contributed by atoms with Crippen molar-refractivity contribution in [2.24, 2.45) is 5.41 Å². The second kappa shape index (κ2) is 14.9. The molecule has 1 unspecified atom stereocenters. The van der Waals surface area contributed by atoms with Crippen LogP contribution in [0.25, 0.3) is 0 Å².